The van der Waals surface area contributed by atoms with Gasteiger partial charge in [0.25, 0.3) is 5.91 Å². The second-order valence-electron chi connectivity index (χ2n) is 10.1. The summed E-state index contributed by atoms with van der Waals surface area (Å²) in [5.74, 6) is -0.117. The molecule has 3 N–H and O–H groups in total. The van der Waals surface area contributed by atoms with Crippen LogP contribution in [0.15, 0.2) is 48.7 Å². The van der Waals surface area contributed by atoms with E-state index in [1.807, 2.05) is 43.3 Å². The zero-order valence-electron chi connectivity index (χ0n) is 21.8. The maximum atomic E-state index is 13.2. The smallest absolute Gasteiger partial charge is 0.254 e. The summed E-state index contributed by atoms with van der Waals surface area (Å²) in [5, 5.41) is 16.4. The van der Waals surface area contributed by atoms with E-state index in [1.165, 1.54) is 4.90 Å². The van der Waals surface area contributed by atoms with Gasteiger partial charge in [-0.05, 0) is 43.4 Å². The minimum Gasteiger partial charge on any atom is -0.394 e. The zero-order valence-corrected chi connectivity index (χ0v) is 22.6. The van der Waals surface area contributed by atoms with Gasteiger partial charge in [0.2, 0.25) is 11.9 Å². The van der Waals surface area contributed by atoms with E-state index < -0.39 is 6.04 Å². The Morgan fingerprint density at radius 2 is 2.13 bits per heavy atom. The molecule has 3 aromatic rings. The molecular weight excluding hydrogens is 518 g/mol. The Hall–Kier alpha value is -3.53. The number of aliphatic hydroxyl groups is 1. The minimum absolute atomic E-state index is 0.114. The number of aliphatic hydroxyl groups excluding tert-OH is 1. The summed E-state index contributed by atoms with van der Waals surface area (Å²) in [6, 6.07) is 12.7. The fourth-order valence-corrected chi connectivity index (χ4v) is 5.21. The summed E-state index contributed by atoms with van der Waals surface area (Å²) in [5.41, 5.74) is 4.41. The summed E-state index contributed by atoms with van der Waals surface area (Å²) < 4.78 is 5.65. The molecule has 2 atom stereocenters. The quantitative estimate of drug-likeness (QED) is 0.390. The summed E-state index contributed by atoms with van der Waals surface area (Å²) in [7, 11) is 0. The highest BCUT2D eigenvalue weighted by atomic mass is 35.5. The van der Waals surface area contributed by atoms with Crippen LogP contribution in [0.25, 0.3) is 11.3 Å². The van der Waals surface area contributed by atoms with Crippen molar-refractivity contribution in [1.82, 2.24) is 20.2 Å². The number of rotatable bonds is 8. The standard InChI is InChI=1S/C29H32ClN5O4/c1-18-5-4-6-19(11-18)25(16-36)33-26(37)15-35-14-21-9-8-20(12-23(21)28(35)38)27-24(30)13-31-29(34-27)32-22-7-2-3-10-39-17-22/h4-6,8-9,11-13,22,25,36H,2-3,7,10,14-17H2,1H3,(H,33,37)(H,31,32,34)/t22?,25-/m1/s1. The van der Waals surface area contributed by atoms with E-state index in [4.69, 9.17) is 16.3 Å². The van der Waals surface area contributed by atoms with Gasteiger partial charge in [0.15, 0.2) is 0 Å². The van der Waals surface area contributed by atoms with Crippen LogP contribution in [0.5, 0.6) is 0 Å². The molecule has 2 aromatic carbocycles. The molecule has 0 bridgehead atoms. The van der Waals surface area contributed by atoms with Gasteiger partial charge in [-0.15, -0.1) is 0 Å². The Kier molecular flexibility index (Phi) is 8.40. The number of nitrogens with one attached hydrogen (secondary N) is 2. The number of anilines is 1. The summed E-state index contributed by atoms with van der Waals surface area (Å²) in [6.45, 7) is 3.28. The van der Waals surface area contributed by atoms with Crippen molar-refractivity contribution in [2.24, 2.45) is 0 Å². The van der Waals surface area contributed by atoms with E-state index in [-0.39, 0.29) is 31.0 Å². The van der Waals surface area contributed by atoms with Crippen molar-refractivity contribution >= 4 is 29.4 Å². The molecule has 5 rings (SSSR count). The van der Waals surface area contributed by atoms with Crippen LogP contribution in [0.1, 0.15) is 52.4 Å². The van der Waals surface area contributed by atoms with Crippen LogP contribution in [0.3, 0.4) is 0 Å². The average molecular weight is 550 g/mol. The van der Waals surface area contributed by atoms with Gasteiger partial charge >= 0.3 is 0 Å². The van der Waals surface area contributed by atoms with E-state index in [0.29, 0.717) is 40.9 Å². The normalized spacial score (nSPS) is 17.9. The molecule has 0 aliphatic carbocycles. The second kappa shape index (κ2) is 12.1. The van der Waals surface area contributed by atoms with Gasteiger partial charge in [-0.25, -0.2) is 9.97 Å². The van der Waals surface area contributed by atoms with Crippen LogP contribution >= 0.6 is 11.6 Å². The van der Waals surface area contributed by atoms with Crippen molar-refractivity contribution in [2.75, 3.05) is 31.7 Å². The molecule has 2 aliphatic heterocycles. The van der Waals surface area contributed by atoms with Crippen molar-refractivity contribution in [3.63, 3.8) is 0 Å². The molecule has 2 amide bonds. The average Bonchev–Trinajstić information content (AvgIpc) is 3.07. The molecule has 0 spiro atoms. The van der Waals surface area contributed by atoms with E-state index >= 15 is 0 Å². The predicted molar refractivity (Wildman–Crippen MR) is 148 cm³/mol. The first-order valence-electron chi connectivity index (χ1n) is 13.2. The predicted octanol–water partition coefficient (Wildman–Crippen LogP) is 3.89. The van der Waals surface area contributed by atoms with Crippen molar-refractivity contribution < 1.29 is 19.4 Å². The Labute approximate surface area is 232 Å². The number of nitrogens with zero attached hydrogens (tertiary/aromatic N) is 3. The van der Waals surface area contributed by atoms with Crippen LogP contribution in [-0.2, 0) is 16.1 Å². The monoisotopic (exact) mass is 549 g/mol. The summed E-state index contributed by atoms with van der Waals surface area (Å²) in [4.78, 5) is 36.5. The number of halogens is 1. The highest BCUT2D eigenvalue weighted by molar-refractivity contribution is 6.33. The molecule has 1 saturated heterocycles. The van der Waals surface area contributed by atoms with Crippen molar-refractivity contribution in [2.45, 2.75) is 44.8 Å². The molecule has 204 valence electrons. The summed E-state index contributed by atoms with van der Waals surface area (Å²) >= 11 is 6.46. The molecule has 1 unspecified atom stereocenters. The lowest BCUT2D eigenvalue weighted by Gasteiger charge is -2.20. The van der Waals surface area contributed by atoms with Crippen LogP contribution in [0, 0.1) is 6.92 Å². The topological polar surface area (TPSA) is 117 Å². The van der Waals surface area contributed by atoms with E-state index in [1.54, 1.807) is 12.3 Å². The zero-order chi connectivity index (χ0) is 27.4. The van der Waals surface area contributed by atoms with Gasteiger partial charge in [0, 0.05) is 24.3 Å². The molecule has 0 saturated carbocycles. The first-order chi connectivity index (χ1) is 18.9. The maximum absolute atomic E-state index is 13.2. The largest absolute Gasteiger partial charge is 0.394 e. The molecule has 0 radical (unpaired) electrons. The number of aryl methyl sites for hydroxylation is 1. The minimum atomic E-state index is -0.545. The fourth-order valence-electron chi connectivity index (χ4n) is 5.01. The lowest BCUT2D eigenvalue weighted by atomic mass is 10.0. The van der Waals surface area contributed by atoms with E-state index in [2.05, 4.69) is 20.6 Å². The number of hydrogen-bond donors (Lipinski definition) is 3. The van der Waals surface area contributed by atoms with E-state index in [9.17, 15) is 14.7 Å². The van der Waals surface area contributed by atoms with Crippen LogP contribution in [0.4, 0.5) is 5.95 Å². The van der Waals surface area contributed by atoms with Gasteiger partial charge in [-0.3, -0.25) is 9.59 Å². The number of carbonyl (C=O) groups is 2. The van der Waals surface area contributed by atoms with Gasteiger partial charge in [-0.1, -0.05) is 53.6 Å². The Balaban J connectivity index is 1.27. The van der Waals surface area contributed by atoms with Gasteiger partial charge in [-0.2, -0.15) is 0 Å². The molecular formula is C29H32ClN5O4. The number of amides is 2. The van der Waals surface area contributed by atoms with Crippen LogP contribution < -0.4 is 10.6 Å². The van der Waals surface area contributed by atoms with Crippen LogP contribution in [-0.4, -0.2) is 64.2 Å². The number of carbonyl (C=O) groups excluding carboxylic acids is 2. The lowest BCUT2D eigenvalue weighted by Crippen LogP contribution is -2.40. The van der Waals surface area contributed by atoms with Crippen molar-refractivity contribution in [1.29, 1.82) is 0 Å². The first-order valence-corrected chi connectivity index (χ1v) is 13.5. The first kappa shape index (κ1) is 27.1. The molecule has 10 heteroatoms. The molecule has 1 fully saturated rings. The third-order valence-corrected chi connectivity index (χ3v) is 7.32. The second-order valence-corrected chi connectivity index (χ2v) is 10.5. The summed E-state index contributed by atoms with van der Waals surface area (Å²) in [6.07, 6.45) is 4.65. The number of benzene rings is 2. The third kappa shape index (κ3) is 6.38. The number of aromatic nitrogens is 2. The highest BCUT2D eigenvalue weighted by Crippen LogP contribution is 2.31. The number of fused-ring (bicyclic) bond motifs is 1. The third-order valence-electron chi connectivity index (χ3n) is 7.05. The number of ether oxygens (including phenoxy) is 1. The maximum Gasteiger partial charge on any atom is 0.254 e. The van der Waals surface area contributed by atoms with Gasteiger partial charge in [0.05, 0.1) is 42.2 Å². The molecule has 2 aliphatic rings. The molecule has 1 aromatic heterocycles. The van der Waals surface area contributed by atoms with Crippen molar-refractivity contribution in [3.8, 4) is 11.3 Å². The number of hydrogen-bond acceptors (Lipinski definition) is 7. The van der Waals surface area contributed by atoms with E-state index in [0.717, 1.165) is 42.6 Å². The Bertz CT molecular complexity index is 1360. The molecule has 9 nitrogen and oxygen atoms in total. The van der Waals surface area contributed by atoms with Crippen molar-refractivity contribution in [3.05, 3.63) is 75.9 Å². The van der Waals surface area contributed by atoms with Gasteiger partial charge < -0.3 is 25.4 Å². The lowest BCUT2D eigenvalue weighted by molar-refractivity contribution is -0.122. The fraction of sp³-hybridized carbons (Fsp3) is 0.379. The molecule has 3 heterocycles. The van der Waals surface area contributed by atoms with Crippen LogP contribution in [0.2, 0.25) is 5.02 Å². The van der Waals surface area contributed by atoms with Gasteiger partial charge in [0.1, 0.15) is 6.54 Å². The SMILES string of the molecule is Cc1cccc([C@@H](CO)NC(=O)CN2Cc3ccc(-c4nc(NC5CCCCOC5)ncc4Cl)cc3C2=O)c1. The highest BCUT2D eigenvalue weighted by Gasteiger charge is 2.30. The Morgan fingerprint density at radius 3 is 2.95 bits per heavy atom. The molecule has 39 heavy (non-hydrogen) atoms. The Morgan fingerprint density at radius 1 is 1.26 bits per heavy atom.